The van der Waals surface area contributed by atoms with Gasteiger partial charge < -0.3 is 10.2 Å². The summed E-state index contributed by atoms with van der Waals surface area (Å²) >= 11 is 0. The molecule has 0 atom stereocenters. The molecular weight excluding hydrogens is 296 g/mol. The van der Waals surface area contributed by atoms with Crippen molar-refractivity contribution in [1.82, 2.24) is 0 Å². The van der Waals surface area contributed by atoms with Gasteiger partial charge in [0, 0.05) is 0 Å². The smallest absolute Gasteiger partial charge is 0.101 e. The van der Waals surface area contributed by atoms with Gasteiger partial charge in [0.05, 0.1) is 0 Å². The van der Waals surface area contributed by atoms with Crippen molar-refractivity contribution in [2.45, 2.75) is 115 Å². The Morgan fingerprint density at radius 1 is 0.500 bits per heavy atom. The lowest BCUT2D eigenvalue weighted by atomic mass is 9.83. The lowest BCUT2D eigenvalue weighted by Crippen LogP contribution is -2.33. The minimum Gasteiger partial charge on any atom is -0.382 e. The lowest BCUT2D eigenvalue weighted by molar-refractivity contribution is 0.0936. The Labute approximate surface area is 150 Å². The average Bonchev–Trinajstić information content (AvgIpc) is 2.58. The summed E-state index contributed by atoms with van der Waals surface area (Å²) in [6.45, 7) is 4.46. The second kappa shape index (κ2) is 11.9. The van der Waals surface area contributed by atoms with E-state index in [9.17, 15) is 10.2 Å². The molecule has 0 aromatic carbocycles. The third-order valence-electron chi connectivity index (χ3n) is 5.18. The number of hydrogen-bond donors (Lipinski definition) is 2. The van der Waals surface area contributed by atoms with Gasteiger partial charge in [0.25, 0.3) is 0 Å². The van der Waals surface area contributed by atoms with Crippen LogP contribution < -0.4 is 0 Å². The van der Waals surface area contributed by atoms with E-state index in [4.69, 9.17) is 0 Å². The maximum Gasteiger partial charge on any atom is 0.101 e. The van der Waals surface area contributed by atoms with Gasteiger partial charge in [-0.05, 0) is 25.7 Å². The first-order chi connectivity index (χ1) is 11.5. The molecule has 0 saturated carbocycles. The molecule has 0 heterocycles. The van der Waals surface area contributed by atoms with E-state index in [1.807, 2.05) is 24.3 Å². The van der Waals surface area contributed by atoms with Crippen molar-refractivity contribution in [3.8, 4) is 0 Å². The van der Waals surface area contributed by atoms with Gasteiger partial charge >= 0.3 is 0 Å². The van der Waals surface area contributed by atoms with Gasteiger partial charge in [0.2, 0.25) is 0 Å². The highest BCUT2D eigenvalue weighted by atomic mass is 16.3. The fourth-order valence-corrected chi connectivity index (χ4v) is 3.40. The fraction of sp³-hybridized carbons (Fsp3) is 0.818. The molecule has 1 rings (SSSR count). The summed E-state index contributed by atoms with van der Waals surface area (Å²) in [4.78, 5) is 0. The maximum atomic E-state index is 10.6. The Morgan fingerprint density at radius 2 is 0.792 bits per heavy atom. The zero-order valence-electron chi connectivity index (χ0n) is 16.1. The van der Waals surface area contributed by atoms with Crippen LogP contribution in [0.3, 0.4) is 0 Å². The molecule has 1 aliphatic rings. The molecule has 0 spiro atoms. The van der Waals surface area contributed by atoms with E-state index in [1.165, 1.54) is 64.2 Å². The monoisotopic (exact) mass is 336 g/mol. The van der Waals surface area contributed by atoms with Crippen LogP contribution >= 0.6 is 0 Å². The molecule has 0 unspecified atom stereocenters. The van der Waals surface area contributed by atoms with Crippen molar-refractivity contribution >= 4 is 0 Å². The van der Waals surface area contributed by atoms with E-state index in [-0.39, 0.29) is 0 Å². The molecule has 2 heteroatoms. The second-order valence-corrected chi connectivity index (χ2v) is 7.68. The van der Waals surface area contributed by atoms with Crippen LogP contribution in [-0.4, -0.2) is 21.4 Å². The lowest BCUT2D eigenvalue weighted by Gasteiger charge is -2.30. The molecule has 0 amide bonds. The van der Waals surface area contributed by atoms with E-state index in [0.29, 0.717) is 0 Å². The highest BCUT2D eigenvalue weighted by Gasteiger charge is 2.29. The molecule has 2 nitrogen and oxygen atoms in total. The topological polar surface area (TPSA) is 40.5 Å². The highest BCUT2D eigenvalue weighted by molar-refractivity contribution is 5.28. The van der Waals surface area contributed by atoms with Gasteiger partial charge in [-0.2, -0.15) is 0 Å². The van der Waals surface area contributed by atoms with Crippen LogP contribution in [-0.2, 0) is 0 Å². The molecule has 140 valence electrons. The minimum absolute atomic E-state index is 0.763. The molecule has 0 aromatic heterocycles. The molecular formula is C22H40O2. The Hall–Kier alpha value is -0.600. The number of rotatable bonds is 14. The van der Waals surface area contributed by atoms with Crippen LogP contribution in [0.25, 0.3) is 0 Å². The van der Waals surface area contributed by atoms with Gasteiger partial charge in [-0.15, -0.1) is 0 Å². The van der Waals surface area contributed by atoms with E-state index in [2.05, 4.69) is 13.8 Å². The summed E-state index contributed by atoms with van der Waals surface area (Å²) in [5.74, 6) is 0. The largest absolute Gasteiger partial charge is 0.382 e. The minimum atomic E-state index is -0.849. The summed E-state index contributed by atoms with van der Waals surface area (Å²) in [5, 5.41) is 21.2. The van der Waals surface area contributed by atoms with Crippen molar-refractivity contribution < 1.29 is 10.2 Å². The molecule has 1 aliphatic carbocycles. The highest BCUT2D eigenvalue weighted by Crippen LogP contribution is 2.29. The van der Waals surface area contributed by atoms with Gasteiger partial charge in [-0.1, -0.05) is 102 Å². The molecule has 0 radical (unpaired) electrons. The van der Waals surface area contributed by atoms with Crippen LogP contribution in [0.4, 0.5) is 0 Å². The number of hydrogen-bond acceptors (Lipinski definition) is 2. The Balaban J connectivity index is 2.22. The third-order valence-corrected chi connectivity index (χ3v) is 5.18. The van der Waals surface area contributed by atoms with Crippen molar-refractivity contribution in [2.75, 3.05) is 0 Å². The summed E-state index contributed by atoms with van der Waals surface area (Å²) in [6, 6.07) is 0. The van der Waals surface area contributed by atoms with E-state index in [0.717, 1.165) is 25.7 Å². The average molecular weight is 337 g/mol. The van der Waals surface area contributed by atoms with Crippen LogP contribution in [0.1, 0.15) is 104 Å². The molecule has 0 aliphatic heterocycles. The first-order valence-corrected chi connectivity index (χ1v) is 10.4. The molecule has 0 aromatic rings. The summed E-state index contributed by atoms with van der Waals surface area (Å²) in [7, 11) is 0. The van der Waals surface area contributed by atoms with E-state index < -0.39 is 11.2 Å². The summed E-state index contributed by atoms with van der Waals surface area (Å²) < 4.78 is 0. The van der Waals surface area contributed by atoms with Gasteiger partial charge in [-0.3, -0.25) is 0 Å². The fourth-order valence-electron chi connectivity index (χ4n) is 3.40. The van der Waals surface area contributed by atoms with E-state index >= 15 is 0 Å². The Kier molecular flexibility index (Phi) is 10.6. The molecule has 0 saturated heterocycles. The summed E-state index contributed by atoms with van der Waals surface area (Å²) in [6.07, 6.45) is 23.6. The van der Waals surface area contributed by atoms with Gasteiger partial charge in [-0.25, -0.2) is 0 Å². The van der Waals surface area contributed by atoms with Crippen LogP contribution in [0.2, 0.25) is 0 Å². The maximum absolute atomic E-state index is 10.6. The van der Waals surface area contributed by atoms with Crippen molar-refractivity contribution in [3.63, 3.8) is 0 Å². The molecule has 2 N–H and O–H groups in total. The van der Waals surface area contributed by atoms with Crippen molar-refractivity contribution in [1.29, 1.82) is 0 Å². The van der Waals surface area contributed by atoms with Crippen LogP contribution in [0.5, 0.6) is 0 Å². The summed E-state index contributed by atoms with van der Waals surface area (Å²) in [5.41, 5.74) is -1.70. The molecule has 24 heavy (non-hydrogen) atoms. The predicted octanol–water partition coefficient (Wildman–Crippen LogP) is 6.08. The normalized spacial score (nSPS) is 26.2. The zero-order chi connectivity index (χ0) is 17.7. The first kappa shape index (κ1) is 21.4. The quantitative estimate of drug-likeness (QED) is 0.298. The SMILES string of the molecule is CCCCCCCCC1(O)C=CC(O)(CCCCCCCC)C=C1. The standard InChI is InChI=1S/C22H40O2/c1-3-5-7-9-11-13-15-21(23)17-19-22(24,20-18-21)16-14-12-10-8-6-4-2/h17-20,23-24H,3-16H2,1-2H3. The predicted molar refractivity (Wildman–Crippen MR) is 104 cm³/mol. The zero-order valence-corrected chi connectivity index (χ0v) is 16.1. The van der Waals surface area contributed by atoms with E-state index in [1.54, 1.807) is 0 Å². The number of unbranched alkanes of at least 4 members (excludes halogenated alkanes) is 10. The van der Waals surface area contributed by atoms with Gasteiger partial charge in [0.15, 0.2) is 0 Å². The van der Waals surface area contributed by atoms with Crippen LogP contribution in [0, 0.1) is 0 Å². The Morgan fingerprint density at radius 3 is 1.12 bits per heavy atom. The second-order valence-electron chi connectivity index (χ2n) is 7.68. The third kappa shape index (κ3) is 9.03. The Bertz CT molecular complexity index is 322. The molecule has 0 bridgehead atoms. The number of aliphatic hydroxyl groups is 2. The van der Waals surface area contributed by atoms with Crippen molar-refractivity contribution in [2.24, 2.45) is 0 Å². The van der Waals surface area contributed by atoms with Crippen molar-refractivity contribution in [3.05, 3.63) is 24.3 Å². The molecule has 0 fully saturated rings. The van der Waals surface area contributed by atoms with Gasteiger partial charge in [0.1, 0.15) is 11.2 Å². The first-order valence-electron chi connectivity index (χ1n) is 10.4. The van der Waals surface area contributed by atoms with Crippen LogP contribution in [0.15, 0.2) is 24.3 Å².